The van der Waals surface area contributed by atoms with E-state index in [2.05, 4.69) is 5.32 Å². The van der Waals surface area contributed by atoms with Gasteiger partial charge in [-0.25, -0.2) is 4.79 Å². The van der Waals surface area contributed by atoms with Crippen molar-refractivity contribution < 1.29 is 24.2 Å². The molecule has 1 fully saturated rings. The summed E-state index contributed by atoms with van der Waals surface area (Å²) in [6.07, 6.45) is 0.173. The van der Waals surface area contributed by atoms with Crippen molar-refractivity contribution in [1.82, 2.24) is 10.2 Å². The summed E-state index contributed by atoms with van der Waals surface area (Å²) in [5.41, 5.74) is 1.72. The van der Waals surface area contributed by atoms with E-state index in [1.807, 2.05) is 37.3 Å². The molecule has 7 nitrogen and oxygen atoms in total. The van der Waals surface area contributed by atoms with Gasteiger partial charge < -0.3 is 20.1 Å². The maximum atomic E-state index is 12.6. The average Bonchev–Trinajstić information content (AvgIpc) is 3.13. The molecule has 3 rings (SSSR count). The molecular formula is C22H24N2O5. The fourth-order valence-electron chi connectivity index (χ4n) is 3.56. The third-order valence-corrected chi connectivity index (χ3v) is 5.24. The Morgan fingerprint density at radius 1 is 1.24 bits per heavy atom. The minimum atomic E-state index is -1.10. The molecule has 0 aliphatic carbocycles. The van der Waals surface area contributed by atoms with Crippen molar-refractivity contribution in [2.75, 3.05) is 13.7 Å². The van der Waals surface area contributed by atoms with Crippen molar-refractivity contribution in [2.45, 2.75) is 25.9 Å². The molecule has 0 unspecified atom stereocenters. The molecule has 2 atom stereocenters. The first kappa shape index (κ1) is 20.4. The van der Waals surface area contributed by atoms with E-state index in [9.17, 15) is 19.5 Å². The minimum Gasteiger partial charge on any atom is -0.496 e. The summed E-state index contributed by atoms with van der Waals surface area (Å²) in [6, 6.07) is 14.4. The van der Waals surface area contributed by atoms with Crippen molar-refractivity contribution in [3.05, 3.63) is 65.2 Å². The number of amides is 2. The van der Waals surface area contributed by atoms with Crippen LogP contribution in [0.15, 0.2) is 48.5 Å². The molecular weight excluding hydrogens is 372 g/mol. The molecule has 0 radical (unpaired) electrons. The summed E-state index contributed by atoms with van der Waals surface area (Å²) in [7, 11) is 1.41. The summed E-state index contributed by atoms with van der Waals surface area (Å²) < 4.78 is 5.04. The molecule has 29 heavy (non-hydrogen) atoms. The Kier molecular flexibility index (Phi) is 6.16. The van der Waals surface area contributed by atoms with Crippen molar-refractivity contribution >= 4 is 17.8 Å². The predicted molar refractivity (Wildman–Crippen MR) is 106 cm³/mol. The van der Waals surface area contributed by atoms with Crippen molar-refractivity contribution in [3.8, 4) is 5.75 Å². The number of carbonyl (C=O) groups excluding carboxylic acids is 2. The number of methoxy groups -OCH3 is 1. The molecule has 2 amide bonds. The summed E-state index contributed by atoms with van der Waals surface area (Å²) in [4.78, 5) is 38.1. The van der Waals surface area contributed by atoms with Crippen LogP contribution in [0.5, 0.6) is 5.75 Å². The molecule has 2 aromatic rings. The van der Waals surface area contributed by atoms with Gasteiger partial charge >= 0.3 is 5.97 Å². The van der Waals surface area contributed by atoms with Crippen LogP contribution in [-0.2, 0) is 16.1 Å². The molecule has 0 aromatic heterocycles. The lowest BCUT2D eigenvalue weighted by Crippen LogP contribution is -2.33. The zero-order chi connectivity index (χ0) is 21.0. The van der Waals surface area contributed by atoms with Gasteiger partial charge in [0.15, 0.2) is 0 Å². The Labute approximate surface area is 169 Å². The normalized spacial score (nSPS) is 17.1. The van der Waals surface area contributed by atoms with Crippen LogP contribution in [0.1, 0.15) is 40.9 Å². The van der Waals surface area contributed by atoms with E-state index in [4.69, 9.17) is 4.74 Å². The summed E-state index contributed by atoms with van der Waals surface area (Å²) in [5.74, 6) is -1.51. The van der Waals surface area contributed by atoms with Crippen molar-refractivity contribution in [3.63, 3.8) is 0 Å². The quantitative estimate of drug-likeness (QED) is 0.750. The van der Waals surface area contributed by atoms with Crippen LogP contribution in [0.3, 0.4) is 0 Å². The van der Waals surface area contributed by atoms with Crippen LogP contribution in [0.25, 0.3) is 0 Å². The third-order valence-electron chi connectivity index (χ3n) is 5.24. The number of nitrogens with zero attached hydrogens (tertiary/aromatic N) is 1. The fourth-order valence-corrected chi connectivity index (χ4v) is 3.56. The van der Waals surface area contributed by atoms with Gasteiger partial charge in [0, 0.05) is 19.5 Å². The zero-order valence-electron chi connectivity index (χ0n) is 16.4. The number of nitrogens with one attached hydrogen (secondary N) is 1. The van der Waals surface area contributed by atoms with E-state index in [0.717, 1.165) is 5.56 Å². The van der Waals surface area contributed by atoms with E-state index < -0.39 is 11.9 Å². The van der Waals surface area contributed by atoms with Gasteiger partial charge in [-0.2, -0.15) is 0 Å². The monoisotopic (exact) mass is 396 g/mol. The molecule has 0 spiro atoms. The van der Waals surface area contributed by atoms with Gasteiger partial charge in [-0.3, -0.25) is 9.59 Å². The third kappa shape index (κ3) is 4.56. The SMILES string of the molecule is COc1ccc(CNC(=O)[C@@H]2CC(=O)N([C@H](C)c3ccccc3)C2)cc1C(=O)O. The van der Waals surface area contributed by atoms with Gasteiger partial charge in [0.25, 0.3) is 0 Å². The van der Waals surface area contributed by atoms with Crippen LogP contribution in [0, 0.1) is 5.92 Å². The second-order valence-corrected chi connectivity index (χ2v) is 7.09. The number of hydrogen-bond acceptors (Lipinski definition) is 4. The standard InChI is InChI=1S/C22H24N2O5/c1-14(16-6-4-3-5-7-16)24-13-17(11-20(24)25)21(26)23-12-15-8-9-19(29-2)18(10-15)22(27)28/h3-10,14,17H,11-13H2,1-2H3,(H,23,26)(H,27,28)/t14-,17-/m1/s1. The molecule has 152 valence electrons. The van der Waals surface area contributed by atoms with E-state index in [-0.39, 0.29) is 42.1 Å². The largest absolute Gasteiger partial charge is 0.496 e. The topological polar surface area (TPSA) is 95.9 Å². The number of carboxylic acid groups (broad SMARTS) is 1. The highest BCUT2D eigenvalue weighted by Gasteiger charge is 2.36. The average molecular weight is 396 g/mol. The minimum absolute atomic E-state index is 0.0400. The fraction of sp³-hybridized carbons (Fsp3) is 0.318. The number of carbonyl (C=O) groups is 3. The van der Waals surface area contributed by atoms with Gasteiger partial charge in [0.2, 0.25) is 11.8 Å². The highest BCUT2D eigenvalue weighted by molar-refractivity contribution is 5.91. The number of aromatic carboxylic acids is 1. The first-order valence-electron chi connectivity index (χ1n) is 9.43. The molecule has 2 N–H and O–H groups in total. The maximum Gasteiger partial charge on any atom is 0.339 e. The summed E-state index contributed by atoms with van der Waals surface area (Å²) in [6.45, 7) is 2.50. The van der Waals surface area contributed by atoms with Gasteiger partial charge in [0.1, 0.15) is 11.3 Å². The van der Waals surface area contributed by atoms with E-state index in [1.165, 1.54) is 13.2 Å². The molecule has 0 bridgehead atoms. The highest BCUT2D eigenvalue weighted by atomic mass is 16.5. The van der Waals surface area contributed by atoms with Crippen LogP contribution in [-0.4, -0.2) is 41.4 Å². The second-order valence-electron chi connectivity index (χ2n) is 7.09. The Morgan fingerprint density at radius 2 is 1.97 bits per heavy atom. The number of benzene rings is 2. The zero-order valence-corrected chi connectivity index (χ0v) is 16.4. The van der Waals surface area contributed by atoms with Crippen molar-refractivity contribution in [2.24, 2.45) is 5.92 Å². The molecule has 1 aliphatic rings. The number of rotatable bonds is 7. The Morgan fingerprint density at radius 3 is 2.62 bits per heavy atom. The van der Waals surface area contributed by atoms with E-state index >= 15 is 0 Å². The van der Waals surface area contributed by atoms with E-state index in [0.29, 0.717) is 12.1 Å². The number of carboxylic acids is 1. The lowest BCUT2D eigenvalue weighted by Gasteiger charge is -2.25. The van der Waals surface area contributed by atoms with Crippen LogP contribution in [0.2, 0.25) is 0 Å². The van der Waals surface area contributed by atoms with Crippen LogP contribution < -0.4 is 10.1 Å². The Hall–Kier alpha value is -3.35. The highest BCUT2D eigenvalue weighted by Crippen LogP contribution is 2.28. The van der Waals surface area contributed by atoms with E-state index in [1.54, 1.807) is 17.0 Å². The van der Waals surface area contributed by atoms with Gasteiger partial charge in [-0.1, -0.05) is 36.4 Å². The number of ether oxygens (including phenoxy) is 1. The van der Waals surface area contributed by atoms with Crippen LogP contribution >= 0.6 is 0 Å². The van der Waals surface area contributed by atoms with Gasteiger partial charge in [0.05, 0.1) is 19.1 Å². The molecule has 1 aliphatic heterocycles. The van der Waals surface area contributed by atoms with Gasteiger partial charge in [-0.05, 0) is 30.2 Å². The molecule has 0 saturated carbocycles. The Balaban J connectivity index is 1.61. The summed E-state index contributed by atoms with van der Waals surface area (Å²) in [5, 5.41) is 12.1. The first-order chi connectivity index (χ1) is 13.9. The molecule has 7 heteroatoms. The first-order valence-corrected chi connectivity index (χ1v) is 9.43. The molecule has 1 saturated heterocycles. The van der Waals surface area contributed by atoms with Crippen molar-refractivity contribution in [1.29, 1.82) is 0 Å². The van der Waals surface area contributed by atoms with Gasteiger partial charge in [-0.15, -0.1) is 0 Å². The molecule has 2 aromatic carbocycles. The maximum absolute atomic E-state index is 12.6. The lowest BCUT2D eigenvalue weighted by atomic mass is 10.1. The Bertz CT molecular complexity index is 913. The second kappa shape index (κ2) is 8.77. The predicted octanol–water partition coefficient (Wildman–Crippen LogP) is 2.62. The van der Waals surface area contributed by atoms with Crippen LogP contribution in [0.4, 0.5) is 0 Å². The lowest BCUT2D eigenvalue weighted by molar-refractivity contribution is -0.130. The smallest absolute Gasteiger partial charge is 0.339 e. The summed E-state index contributed by atoms with van der Waals surface area (Å²) >= 11 is 0. The molecule has 1 heterocycles. The number of likely N-dealkylation sites (tertiary alicyclic amines) is 1. The number of hydrogen-bond donors (Lipinski definition) is 2.